The van der Waals surface area contributed by atoms with E-state index >= 15 is 0 Å². The minimum atomic E-state index is -0.226. The average Bonchev–Trinajstić information content (AvgIpc) is 2.86. The molecule has 0 aliphatic carbocycles. The molecule has 0 spiro atoms. The molecule has 2 rings (SSSR count). The van der Waals surface area contributed by atoms with E-state index in [-0.39, 0.29) is 16.9 Å². The Morgan fingerprint density at radius 1 is 1.40 bits per heavy atom. The Hall–Kier alpha value is -1.04. The zero-order chi connectivity index (χ0) is 14.5. The third-order valence-electron chi connectivity index (χ3n) is 3.55. The molecule has 2 heterocycles. The second kappa shape index (κ2) is 7.11. The number of halogens is 1. The fourth-order valence-corrected chi connectivity index (χ4v) is 2.56. The SMILES string of the molecule is CC(C)C(CNC(=O)c1ccc(Cl)o1)N1CCOCC1. The first-order valence-electron chi connectivity index (χ1n) is 6.93. The van der Waals surface area contributed by atoms with E-state index in [1.165, 1.54) is 0 Å². The van der Waals surface area contributed by atoms with Crippen LogP contribution >= 0.6 is 11.6 Å². The van der Waals surface area contributed by atoms with Crippen LogP contribution in [0.2, 0.25) is 5.22 Å². The van der Waals surface area contributed by atoms with E-state index in [4.69, 9.17) is 20.8 Å². The molecule has 1 N–H and O–H groups in total. The summed E-state index contributed by atoms with van der Waals surface area (Å²) in [6, 6.07) is 3.45. The summed E-state index contributed by atoms with van der Waals surface area (Å²) < 4.78 is 10.5. The van der Waals surface area contributed by atoms with Crippen molar-refractivity contribution in [3.63, 3.8) is 0 Å². The smallest absolute Gasteiger partial charge is 0.287 e. The molecular weight excluding hydrogens is 280 g/mol. The zero-order valence-electron chi connectivity index (χ0n) is 11.9. The van der Waals surface area contributed by atoms with Crippen molar-refractivity contribution < 1.29 is 13.9 Å². The van der Waals surface area contributed by atoms with Crippen LogP contribution in [0.3, 0.4) is 0 Å². The summed E-state index contributed by atoms with van der Waals surface area (Å²) in [4.78, 5) is 14.3. The van der Waals surface area contributed by atoms with Gasteiger partial charge in [0.15, 0.2) is 11.0 Å². The normalized spacial score (nSPS) is 18.2. The van der Waals surface area contributed by atoms with Gasteiger partial charge in [-0.1, -0.05) is 13.8 Å². The zero-order valence-corrected chi connectivity index (χ0v) is 12.7. The maximum absolute atomic E-state index is 12.0. The number of nitrogens with zero attached hydrogens (tertiary/aromatic N) is 1. The lowest BCUT2D eigenvalue weighted by molar-refractivity contribution is 0.00666. The third kappa shape index (κ3) is 3.98. The van der Waals surface area contributed by atoms with E-state index in [1.54, 1.807) is 12.1 Å². The molecule has 0 bridgehead atoms. The first-order chi connectivity index (χ1) is 9.58. The number of nitrogens with one attached hydrogen (secondary N) is 1. The maximum Gasteiger partial charge on any atom is 0.287 e. The predicted molar refractivity (Wildman–Crippen MR) is 77.1 cm³/mol. The van der Waals surface area contributed by atoms with Crippen molar-refractivity contribution in [2.45, 2.75) is 19.9 Å². The Kier molecular flexibility index (Phi) is 5.46. The van der Waals surface area contributed by atoms with Crippen molar-refractivity contribution in [2.75, 3.05) is 32.8 Å². The molecule has 1 saturated heterocycles. The molecule has 5 nitrogen and oxygen atoms in total. The highest BCUT2D eigenvalue weighted by molar-refractivity contribution is 6.29. The van der Waals surface area contributed by atoms with Gasteiger partial charge >= 0.3 is 0 Å². The highest BCUT2D eigenvalue weighted by atomic mass is 35.5. The summed E-state index contributed by atoms with van der Waals surface area (Å²) >= 11 is 5.67. The number of ether oxygens (including phenoxy) is 1. The second-order valence-corrected chi connectivity index (χ2v) is 5.65. The molecule has 1 aliphatic heterocycles. The summed E-state index contributed by atoms with van der Waals surface area (Å²) in [5, 5.41) is 3.14. The third-order valence-corrected chi connectivity index (χ3v) is 3.76. The molecule has 0 radical (unpaired) electrons. The molecule has 1 aromatic rings. The van der Waals surface area contributed by atoms with Crippen LogP contribution in [-0.2, 0) is 4.74 Å². The fraction of sp³-hybridized carbons (Fsp3) is 0.643. The summed E-state index contributed by atoms with van der Waals surface area (Å²) in [7, 11) is 0. The summed E-state index contributed by atoms with van der Waals surface area (Å²) in [5.74, 6) is 0.476. The first kappa shape index (κ1) is 15.4. The number of morpholine rings is 1. The minimum absolute atomic E-state index is 0.226. The van der Waals surface area contributed by atoms with Crippen LogP contribution in [0.5, 0.6) is 0 Å². The summed E-state index contributed by atoms with van der Waals surface area (Å²) in [6.07, 6.45) is 0. The summed E-state index contributed by atoms with van der Waals surface area (Å²) in [6.45, 7) is 8.24. The van der Waals surface area contributed by atoms with Gasteiger partial charge in [0.25, 0.3) is 5.91 Å². The number of furan rings is 1. The monoisotopic (exact) mass is 300 g/mol. The van der Waals surface area contributed by atoms with Crippen LogP contribution in [0.1, 0.15) is 24.4 Å². The van der Waals surface area contributed by atoms with E-state index in [0.717, 1.165) is 26.3 Å². The van der Waals surface area contributed by atoms with Gasteiger partial charge in [-0.05, 0) is 29.7 Å². The van der Waals surface area contributed by atoms with Crippen molar-refractivity contribution in [1.82, 2.24) is 10.2 Å². The molecule has 1 aromatic heterocycles. The van der Waals surface area contributed by atoms with E-state index < -0.39 is 0 Å². The highest BCUT2D eigenvalue weighted by Crippen LogP contribution is 2.14. The van der Waals surface area contributed by atoms with E-state index in [2.05, 4.69) is 24.1 Å². The van der Waals surface area contributed by atoms with Gasteiger partial charge in [-0.15, -0.1) is 0 Å². The van der Waals surface area contributed by atoms with Gasteiger partial charge in [-0.2, -0.15) is 0 Å². The summed E-state index contributed by atoms with van der Waals surface area (Å²) in [5.41, 5.74) is 0. The largest absolute Gasteiger partial charge is 0.440 e. The number of hydrogen-bond acceptors (Lipinski definition) is 4. The Morgan fingerprint density at radius 2 is 2.10 bits per heavy atom. The van der Waals surface area contributed by atoms with Crippen LogP contribution < -0.4 is 5.32 Å². The highest BCUT2D eigenvalue weighted by Gasteiger charge is 2.24. The first-order valence-corrected chi connectivity index (χ1v) is 7.31. The van der Waals surface area contributed by atoms with Crippen molar-refractivity contribution >= 4 is 17.5 Å². The quantitative estimate of drug-likeness (QED) is 0.904. The Morgan fingerprint density at radius 3 is 2.65 bits per heavy atom. The van der Waals surface area contributed by atoms with Gasteiger partial charge in [-0.3, -0.25) is 9.69 Å². The minimum Gasteiger partial charge on any atom is -0.440 e. The molecule has 0 saturated carbocycles. The van der Waals surface area contributed by atoms with E-state index in [1.807, 2.05) is 0 Å². The fourth-order valence-electron chi connectivity index (χ4n) is 2.42. The van der Waals surface area contributed by atoms with Crippen LogP contribution in [0.25, 0.3) is 0 Å². The molecule has 0 aromatic carbocycles. The Bertz CT molecular complexity index is 441. The lowest BCUT2D eigenvalue weighted by Gasteiger charge is -2.36. The molecular formula is C14H21ClN2O3. The van der Waals surface area contributed by atoms with Crippen LogP contribution in [0, 0.1) is 5.92 Å². The number of carbonyl (C=O) groups excluding carboxylic acids is 1. The Balaban J connectivity index is 1.90. The predicted octanol–water partition coefficient (Wildman–Crippen LogP) is 2.02. The number of hydrogen-bond donors (Lipinski definition) is 1. The standard InChI is InChI=1S/C14H21ClN2O3/c1-10(2)11(17-5-7-19-8-6-17)9-16-14(18)12-3-4-13(15)20-12/h3-4,10-11H,5-9H2,1-2H3,(H,16,18). The molecule has 1 unspecified atom stereocenters. The van der Waals surface area contributed by atoms with Crippen LogP contribution in [-0.4, -0.2) is 49.7 Å². The number of amides is 1. The van der Waals surface area contributed by atoms with Gasteiger partial charge in [0.1, 0.15) is 0 Å². The lowest BCUT2D eigenvalue weighted by Crippen LogP contribution is -2.51. The molecule has 6 heteroatoms. The molecule has 1 aliphatic rings. The lowest BCUT2D eigenvalue weighted by atomic mass is 10.0. The van der Waals surface area contributed by atoms with Gasteiger partial charge in [0, 0.05) is 25.7 Å². The molecule has 20 heavy (non-hydrogen) atoms. The molecule has 1 atom stereocenters. The van der Waals surface area contributed by atoms with Gasteiger partial charge in [-0.25, -0.2) is 0 Å². The van der Waals surface area contributed by atoms with E-state index in [0.29, 0.717) is 18.5 Å². The second-order valence-electron chi connectivity index (χ2n) is 5.27. The van der Waals surface area contributed by atoms with Gasteiger partial charge in [0.05, 0.1) is 13.2 Å². The van der Waals surface area contributed by atoms with Crippen LogP contribution in [0.15, 0.2) is 16.5 Å². The van der Waals surface area contributed by atoms with E-state index in [9.17, 15) is 4.79 Å². The van der Waals surface area contributed by atoms with Gasteiger partial charge in [0.2, 0.25) is 0 Å². The van der Waals surface area contributed by atoms with Crippen LogP contribution in [0.4, 0.5) is 0 Å². The molecule has 1 amide bonds. The molecule has 1 fully saturated rings. The molecule has 112 valence electrons. The van der Waals surface area contributed by atoms with Crippen molar-refractivity contribution in [2.24, 2.45) is 5.92 Å². The van der Waals surface area contributed by atoms with Crippen molar-refractivity contribution in [1.29, 1.82) is 0 Å². The maximum atomic E-state index is 12.0. The van der Waals surface area contributed by atoms with Crippen molar-refractivity contribution in [3.8, 4) is 0 Å². The van der Waals surface area contributed by atoms with Crippen molar-refractivity contribution in [3.05, 3.63) is 23.1 Å². The average molecular weight is 301 g/mol. The topological polar surface area (TPSA) is 54.7 Å². The van der Waals surface area contributed by atoms with Gasteiger partial charge < -0.3 is 14.5 Å². The Labute approximate surface area is 124 Å². The number of carbonyl (C=O) groups is 1. The number of rotatable bonds is 5.